The monoisotopic (exact) mass is 678 g/mol. The Morgan fingerprint density at radius 1 is 1.02 bits per heavy atom. The van der Waals surface area contributed by atoms with Crippen molar-refractivity contribution in [1.82, 2.24) is 24.3 Å². The first-order valence-corrected chi connectivity index (χ1v) is 16.0. The third-order valence-corrected chi connectivity index (χ3v) is 9.01. The molecule has 5 aromatic rings. The van der Waals surface area contributed by atoms with Crippen molar-refractivity contribution in [1.29, 1.82) is 0 Å². The molecule has 0 bridgehead atoms. The molecule has 11 nitrogen and oxygen atoms in total. The van der Waals surface area contributed by atoms with Gasteiger partial charge in [-0.15, -0.1) is 11.3 Å². The molecule has 252 valence electrons. The molecule has 3 heterocycles. The molecule has 0 fully saturated rings. The van der Waals surface area contributed by atoms with Crippen molar-refractivity contribution in [3.05, 3.63) is 104 Å². The summed E-state index contributed by atoms with van der Waals surface area (Å²) in [6.07, 6.45) is 0. The number of pyridine rings is 1. The topological polar surface area (TPSA) is 120 Å². The van der Waals surface area contributed by atoms with Crippen LogP contribution in [0.2, 0.25) is 0 Å². The Labute approximate surface area is 279 Å². The Morgan fingerprint density at radius 3 is 2.38 bits per heavy atom. The van der Waals surface area contributed by atoms with Gasteiger partial charge >= 0.3 is 11.7 Å². The van der Waals surface area contributed by atoms with Crippen LogP contribution in [0, 0.1) is 18.6 Å². The Bertz CT molecular complexity index is 2060. The molecule has 0 unspecified atom stereocenters. The first kappa shape index (κ1) is 34.4. The molecule has 0 aliphatic rings. The van der Waals surface area contributed by atoms with E-state index >= 15 is 8.78 Å². The van der Waals surface area contributed by atoms with Crippen molar-refractivity contribution in [2.45, 2.75) is 26.9 Å². The largest absolute Gasteiger partial charge is 0.493 e. The zero-order chi connectivity index (χ0) is 34.5. The number of hydrogen-bond donors (Lipinski definition) is 2. The number of hydrogen-bond acceptors (Lipinski definition) is 8. The summed E-state index contributed by atoms with van der Waals surface area (Å²) in [6, 6.07) is 13.5. The van der Waals surface area contributed by atoms with E-state index in [0.717, 1.165) is 16.7 Å². The normalized spacial score (nSPS) is 11.3. The predicted molar refractivity (Wildman–Crippen MR) is 183 cm³/mol. The highest BCUT2D eigenvalue weighted by molar-refractivity contribution is 7.22. The van der Waals surface area contributed by atoms with E-state index in [0.29, 0.717) is 47.1 Å². The molecule has 3 aromatic heterocycles. The van der Waals surface area contributed by atoms with E-state index in [4.69, 9.17) is 9.47 Å². The number of ether oxygens (including phenoxy) is 2. The number of methoxy groups -OCH3 is 2. The van der Waals surface area contributed by atoms with Gasteiger partial charge in [0.1, 0.15) is 16.5 Å². The number of rotatable bonds is 12. The highest BCUT2D eigenvalue weighted by Crippen LogP contribution is 2.39. The molecule has 0 saturated heterocycles. The van der Waals surface area contributed by atoms with Crippen molar-refractivity contribution < 1.29 is 23.0 Å². The molecule has 0 saturated carbocycles. The van der Waals surface area contributed by atoms with Crippen LogP contribution < -0.4 is 26.6 Å². The van der Waals surface area contributed by atoms with Gasteiger partial charge in [0.15, 0.2) is 11.6 Å². The Hall–Kier alpha value is -4.92. The number of nitrogens with zero attached hydrogens (tertiary/aromatic N) is 4. The van der Waals surface area contributed by atoms with Crippen LogP contribution in [0.15, 0.2) is 64.2 Å². The molecule has 0 atom stereocenters. The number of benzene rings is 2. The number of nitrogens with one attached hydrogen (secondary N) is 2. The molecule has 0 aliphatic heterocycles. The van der Waals surface area contributed by atoms with Crippen molar-refractivity contribution >= 4 is 33.3 Å². The lowest BCUT2D eigenvalue weighted by atomic mass is 10.1. The minimum atomic E-state index is -0.833. The summed E-state index contributed by atoms with van der Waals surface area (Å²) in [5.41, 5.74) is 0.577. The van der Waals surface area contributed by atoms with Gasteiger partial charge in [-0.25, -0.2) is 27.9 Å². The molecular weight excluding hydrogens is 642 g/mol. The number of aryl methyl sites for hydroxylation is 1. The van der Waals surface area contributed by atoms with Gasteiger partial charge in [-0.3, -0.25) is 14.3 Å². The second-order valence-electron chi connectivity index (χ2n) is 11.1. The summed E-state index contributed by atoms with van der Waals surface area (Å²) in [5, 5.41) is 5.65. The first-order valence-electron chi connectivity index (χ1n) is 15.2. The Kier molecular flexibility index (Phi) is 10.7. The molecular formula is C34H36F2N6O5S. The Morgan fingerprint density at radius 2 is 1.73 bits per heavy atom. The van der Waals surface area contributed by atoms with Crippen LogP contribution in [-0.2, 0) is 17.8 Å². The smallest absolute Gasteiger partial charge is 0.338 e. The van der Waals surface area contributed by atoms with Gasteiger partial charge in [-0.05, 0) is 68.4 Å². The molecule has 2 aromatic carbocycles. The summed E-state index contributed by atoms with van der Waals surface area (Å²) in [6.45, 7) is 4.74. The molecule has 2 N–H and O–H groups in total. The molecule has 48 heavy (non-hydrogen) atoms. The maximum atomic E-state index is 15.1. The van der Waals surface area contributed by atoms with Gasteiger partial charge in [0.05, 0.1) is 25.6 Å². The van der Waals surface area contributed by atoms with Crippen molar-refractivity contribution in [2.75, 3.05) is 46.3 Å². The van der Waals surface area contributed by atoms with Crippen LogP contribution in [-0.4, -0.2) is 66.0 Å². The van der Waals surface area contributed by atoms with E-state index < -0.39 is 29.4 Å². The number of thiophene rings is 1. The lowest BCUT2D eigenvalue weighted by Gasteiger charge is -2.18. The first-order chi connectivity index (χ1) is 23.1. The lowest BCUT2D eigenvalue weighted by molar-refractivity contribution is 0.159. The van der Waals surface area contributed by atoms with E-state index in [9.17, 15) is 14.4 Å². The highest BCUT2D eigenvalue weighted by Gasteiger charge is 2.27. The molecule has 0 radical (unpaired) electrons. The second-order valence-corrected chi connectivity index (χ2v) is 12.1. The van der Waals surface area contributed by atoms with Gasteiger partial charge < -0.3 is 20.1 Å². The summed E-state index contributed by atoms with van der Waals surface area (Å²) in [5.74, 6) is -1.52. The minimum absolute atomic E-state index is 0.0376. The molecule has 0 spiro atoms. The van der Waals surface area contributed by atoms with Crippen molar-refractivity contribution in [3.8, 4) is 22.0 Å². The van der Waals surface area contributed by atoms with Crippen LogP contribution in [0.25, 0.3) is 26.5 Å². The summed E-state index contributed by atoms with van der Waals surface area (Å²) < 4.78 is 43.0. The van der Waals surface area contributed by atoms with Crippen LogP contribution in [0.1, 0.15) is 23.7 Å². The third kappa shape index (κ3) is 7.00. The van der Waals surface area contributed by atoms with E-state index in [1.54, 1.807) is 50.4 Å². The average Bonchev–Trinajstić information content (AvgIpc) is 3.42. The summed E-state index contributed by atoms with van der Waals surface area (Å²) >= 11 is 1.17. The average molecular weight is 679 g/mol. The van der Waals surface area contributed by atoms with E-state index in [-0.39, 0.29) is 39.9 Å². The number of halogens is 2. The number of carbonyl (C=O) groups is 1. The number of likely N-dealkylation sites (N-methyl/N-ethyl adjacent to an activating group) is 1. The molecule has 5 rings (SSSR count). The van der Waals surface area contributed by atoms with Gasteiger partial charge in [-0.1, -0.05) is 18.2 Å². The van der Waals surface area contributed by atoms with E-state index in [1.165, 1.54) is 29.1 Å². The van der Waals surface area contributed by atoms with Gasteiger partial charge in [0.25, 0.3) is 5.56 Å². The van der Waals surface area contributed by atoms with Crippen LogP contribution in [0.3, 0.4) is 0 Å². The van der Waals surface area contributed by atoms with Gasteiger partial charge in [0.2, 0.25) is 0 Å². The van der Waals surface area contributed by atoms with E-state index in [2.05, 4.69) is 15.6 Å². The van der Waals surface area contributed by atoms with Crippen LogP contribution in [0.4, 0.5) is 19.3 Å². The second kappa shape index (κ2) is 14.9. The zero-order valence-electron chi connectivity index (χ0n) is 27.2. The van der Waals surface area contributed by atoms with Gasteiger partial charge in [-0.2, -0.15) is 0 Å². The summed E-state index contributed by atoms with van der Waals surface area (Å²) in [4.78, 5) is 48.4. The fraction of sp³-hybridized carbons (Fsp3) is 0.294. The maximum Gasteiger partial charge on any atom is 0.338 e. The fourth-order valence-electron chi connectivity index (χ4n) is 5.31. The standard InChI is InChI=1S/C34H36F2N6O5S/c1-6-37-33(44)39-22-13-11-21(12-14-22)29-24(18-40(3)16-17-46-4)28-31(43)42(30-27(47-5)15-10-20(2)38-30)34(45)41(32(28)48-29)19-23-25(35)8-7-9-26(23)36/h7-15H,6,16-19H2,1-5H3,(H2,37,39,44). The minimum Gasteiger partial charge on any atom is -0.493 e. The van der Waals surface area contributed by atoms with Crippen molar-refractivity contribution in [3.63, 3.8) is 0 Å². The quantitative estimate of drug-likeness (QED) is 0.188. The predicted octanol–water partition coefficient (Wildman–Crippen LogP) is 5.14. The SMILES string of the molecule is CCNC(=O)Nc1ccc(-c2sc3c(c2CN(C)CCOC)c(=O)n(-c2nc(C)ccc2OC)c(=O)n3Cc2c(F)cccc2F)cc1. The number of urea groups is 1. The summed E-state index contributed by atoms with van der Waals surface area (Å²) in [7, 11) is 4.87. The van der Waals surface area contributed by atoms with E-state index in [1.807, 2.05) is 18.9 Å². The number of amides is 2. The Balaban J connectivity index is 1.83. The van der Waals surface area contributed by atoms with Gasteiger partial charge in [0, 0.05) is 48.6 Å². The molecule has 0 aliphatic carbocycles. The van der Waals surface area contributed by atoms with Crippen molar-refractivity contribution in [2.24, 2.45) is 0 Å². The highest BCUT2D eigenvalue weighted by atomic mass is 32.1. The number of aromatic nitrogens is 3. The molecule has 14 heteroatoms. The molecule has 2 amide bonds. The van der Waals surface area contributed by atoms with Crippen LogP contribution >= 0.6 is 11.3 Å². The zero-order valence-corrected chi connectivity index (χ0v) is 28.0. The maximum absolute atomic E-state index is 15.1. The van der Waals surface area contributed by atoms with Crippen LogP contribution in [0.5, 0.6) is 5.75 Å². The number of anilines is 1. The number of carbonyl (C=O) groups excluding carboxylic acids is 1. The fourth-order valence-corrected chi connectivity index (χ4v) is 6.61. The third-order valence-electron chi connectivity index (χ3n) is 7.71. The lowest BCUT2D eigenvalue weighted by Crippen LogP contribution is -2.40. The number of fused-ring (bicyclic) bond motifs is 1.